The zero-order valence-corrected chi connectivity index (χ0v) is 18.2. The van der Waals surface area contributed by atoms with Crippen molar-refractivity contribution in [3.63, 3.8) is 0 Å². The number of anilines is 2. The van der Waals surface area contributed by atoms with Crippen LogP contribution in [0.5, 0.6) is 5.75 Å². The van der Waals surface area contributed by atoms with Gasteiger partial charge in [0.05, 0.1) is 18.7 Å². The number of fused-ring (bicyclic) bond motifs is 1. The molecule has 1 heterocycles. The van der Waals surface area contributed by atoms with E-state index >= 15 is 0 Å². The van der Waals surface area contributed by atoms with Gasteiger partial charge in [-0.2, -0.15) is 5.10 Å². The number of benzene rings is 3. The minimum Gasteiger partial charge on any atom is -0.491 e. The Kier molecular flexibility index (Phi) is 6.67. The number of aromatic nitrogens is 2. The van der Waals surface area contributed by atoms with Crippen LogP contribution in [-0.2, 0) is 11.3 Å². The van der Waals surface area contributed by atoms with Crippen LogP contribution < -0.4 is 15.0 Å². The predicted molar refractivity (Wildman–Crippen MR) is 126 cm³/mol. The van der Waals surface area contributed by atoms with Crippen molar-refractivity contribution in [2.45, 2.75) is 6.61 Å². The summed E-state index contributed by atoms with van der Waals surface area (Å²) >= 11 is 0. The number of H-pyrrole nitrogens is 1. The Bertz CT molecular complexity index is 1170. The second-order valence-electron chi connectivity index (χ2n) is 7.56. The zero-order chi connectivity index (χ0) is 22.3. The number of nitrogens with one attached hydrogen (secondary N) is 2. The van der Waals surface area contributed by atoms with Crippen molar-refractivity contribution in [3.8, 4) is 5.75 Å². The highest BCUT2D eigenvalue weighted by atomic mass is 16.5. The molecular formula is C25H26N4O3. The Balaban J connectivity index is 1.31. The lowest BCUT2D eigenvalue weighted by atomic mass is 10.2. The Morgan fingerprint density at radius 1 is 1.00 bits per heavy atom. The third kappa shape index (κ3) is 5.25. The highest BCUT2D eigenvalue weighted by Crippen LogP contribution is 2.25. The Morgan fingerprint density at radius 3 is 2.53 bits per heavy atom. The summed E-state index contributed by atoms with van der Waals surface area (Å²) in [7, 11) is 3.92. The third-order valence-electron chi connectivity index (χ3n) is 5.02. The molecule has 32 heavy (non-hydrogen) atoms. The van der Waals surface area contributed by atoms with Crippen LogP contribution in [0.25, 0.3) is 10.9 Å². The van der Waals surface area contributed by atoms with E-state index in [9.17, 15) is 4.79 Å². The second-order valence-corrected chi connectivity index (χ2v) is 7.56. The van der Waals surface area contributed by atoms with Gasteiger partial charge in [0.15, 0.2) is 5.82 Å². The van der Waals surface area contributed by atoms with E-state index in [0.717, 1.165) is 22.2 Å². The highest BCUT2D eigenvalue weighted by Gasteiger charge is 2.12. The van der Waals surface area contributed by atoms with Crippen LogP contribution in [0.15, 0.2) is 72.8 Å². The summed E-state index contributed by atoms with van der Waals surface area (Å²) in [5, 5.41) is 10.9. The second kappa shape index (κ2) is 9.98. The average Bonchev–Trinajstić information content (AvgIpc) is 3.21. The van der Waals surface area contributed by atoms with Crippen LogP contribution in [0.2, 0.25) is 0 Å². The van der Waals surface area contributed by atoms with E-state index in [-0.39, 0.29) is 5.91 Å². The molecular weight excluding hydrogens is 404 g/mol. The predicted octanol–water partition coefficient (Wildman–Crippen LogP) is 4.48. The molecule has 164 valence electrons. The number of carbonyl (C=O) groups is 1. The molecule has 0 saturated carbocycles. The van der Waals surface area contributed by atoms with E-state index in [2.05, 4.69) is 15.5 Å². The van der Waals surface area contributed by atoms with E-state index < -0.39 is 0 Å². The van der Waals surface area contributed by atoms with Crippen molar-refractivity contribution >= 4 is 28.3 Å². The Morgan fingerprint density at radius 2 is 1.78 bits per heavy atom. The number of ether oxygens (including phenoxy) is 2. The van der Waals surface area contributed by atoms with Gasteiger partial charge in [0, 0.05) is 36.8 Å². The summed E-state index contributed by atoms with van der Waals surface area (Å²) in [6.07, 6.45) is 0. The lowest BCUT2D eigenvalue weighted by molar-refractivity contribution is 0.0889. The third-order valence-corrected chi connectivity index (χ3v) is 5.02. The topological polar surface area (TPSA) is 79.5 Å². The maximum Gasteiger partial charge on any atom is 0.256 e. The monoisotopic (exact) mass is 430 g/mol. The summed E-state index contributed by atoms with van der Waals surface area (Å²) in [6, 6.07) is 23.0. The summed E-state index contributed by atoms with van der Waals surface area (Å²) in [5.74, 6) is 0.987. The molecule has 2 N–H and O–H groups in total. The van der Waals surface area contributed by atoms with Crippen molar-refractivity contribution in [2.75, 3.05) is 37.5 Å². The van der Waals surface area contributed by atoms with Crippen LogP contribution >= 0.6 is 0 Å². The van der Waals surface area contributed by atoms with E-state index in [1.54, 1.807) is 12.1 Å². The molecule has 0 fully saturated rings. The number of aromatic amines is 1. The van der Waals surface area contributed by atoms with Gasteiger partial charge in [-0.15, -0.1) is 0 Å². The van der Waals surface area contributed by atoms with Gasteiger partial charge in [0.1, 0.15) is 12.4 Å². The molecule has 0 bridgehead atoms. The normalized spacial score (nSPS) is 10.8. The van der Waals surface area contributed by atoms with Gasteiger partial charge in [-0.1, -0.05) is 30.3 Å². The molecule has 4 rings (SSSR count). The Hall–Kier alpha value is -3.84. The minimum atomic E-state index is -0.209. The molecule has 3 aromatic carbocycles. The van der Waals surface area contributed by atoms with E-state index in [4.69, 9.17) is 9.47 Å². The van der Waals surface area contributed by atoms with Crippen molar-refractivity contribution in [2.24, 2.45) is 0 Å². The van der Waals surface area contributed by atoms with Crippen molar-refractivity contribution in [3.05, 3.63) is 83.9 Å². The first-order valence-electron chi connectivity index (χ1n) is 10.4. The average molecular weight is 431 g/mol. The van der Waals surface area contributed by atoms with Crippen LogP contribution in [0.1, 0.15) is 15.9 Å². The van der Waals surface area contributed by atoms with Crippen molar-refractivity contribution in [1.29, 1.82) is 0 Å². The maximum absolute atomic E-state index is 12.6. The first kappa shape index (κ1) is 21.4. The molecule has 0 radical (unpaired) electrons. The molecule has 1 amide bonds. The van der Waals surface area contributed by atoms with Gasteiger partial charge in [0.2, 0.25) is 0 Å². The van der Waals surface area contributed by atoms with E-state index in [1.807, 2.05) is 79.7 Å². The maximum atomic E-state index is 12.6. The number of amides is 1. The van der Waals surface area contributed by atoms with Gasteiger partial charge in [-0.05, 0) is 42.0 Å². The number of hydrogen-bond donors (Lipinski definition) is 2. The van der Waals surface area contributed by atoms with E-state index in [1.165, 1.54) is 0 Å². The van der Waals surface area contributed by atoms with Crippen LogP contribution in [0, 0.1) is 0 Å². The van der Waals surface area contributed by atoms with Crippen molar-refractivity contribution < 1.29 is 14.3 Å². The number of carbonyl (C=O) groups excluding carboxylic acids is 1. The fourth-order valence-corrected chi connectivity index (χ4v) is 3.26. The molecule has 0 aliphatic carbocycles. The smallest absolute Gasteiger partial charge is 0.256 e. The fraction of sp³-hybridized carbons (Fsp3) is 0.200. The van der Waals surface area contributed by atoms with Gasteiger partial charge in [-0.25, -0.2) is 0 Å². The van der Waals surface area contributed by atoms with Crippen LogP contribution in [0.4, 0.5) is 11.5 Å². The molecule has 1 aromatic heterocycles. The first-order chi connectivity index (χ1) is 15.6. The summed E-state index contributed by atoms with van der Waals surface area (Å²) in [5.41, 5.74) is 3.52. The highest BCUT2D eigenvalue weighted by molar-refractivity contribution is 6.08. The van der Waals surface area contributed by atoms with Gasteiger partial charge in [-0.3, -0.25) is 9.89 Å². The summed E-state index contributed by atoms with van der Waals surface area (Å²) in [4.78, 5) is 14.6. The minimum absolute atomic E-state index is 0.209. The molecule has 7 heteroatoms. The zero-order valence-electron chi connectivity index (χ0n) is 18.2. The van der Waals surface area contributed by atoms with Crippen LogP contribution in [-0.4, -0.2) is 43.4 Å². The molecule has 7 nitrogen and oxygen atoms in total. The van der Waals surface area contributed by atoms with Gasteiger partial charge >= 0.3 is 0 Å². The van der Waals surface area contributed by atoms with Gasteiger partial charge < -0.3 is 19.7 Å². The summed E-state index contributed by atoms with van der Waals surface area (Å²) < 4.78 is 11.4. The summed E-state index contributed by atoms with van der Waals surface area (Å²) in [6.45, 7) is 1.49. The molecule has 4 aromatic rings. The molecule has 0 aliphatic heterocycles. The van der Waals surface area contributed by atoms with Crippen molar-refractivity contribution in [1.82, 2.24) is 10.2 Å². The van der Waals surface area contributed by atoms with E-state index in [0.29, 0.717) is 37.0 Å². The molecule has 0 saturated heterocycles. The molecule has 0 aliphatic rings. The molecule has 0 spiro atoms. The van der Waals surface area contributed by atoms with Gasteiger partial charge in [0.25, 0.3) is 5.91 Å². The lowest BCUT2D eigenvalue weighted by Gasteiger charge is -2.12. The molecule has 0 unspecified atom stereocenters. The number of nitrogens with zero attached hydrogens (tertiary/aromatic N) is 2. The SMILES string of the molecule is CN(C)c1ccc(C(=O)Nc2n[nH]c3cc(OCCOCc4ccccc4)ccc23)cc1. The quantitative estimate of drug-likeness (QED) is 0.383. The standard InChI is InChI=1S/C25H26N4O3/c1-29(2)20-10-8-19(9-11-20)25(30)26-24-22-13-12-21(16-23(22)27-28-24)32-15-14-31-17-18-6-4-3-5-7-18/h3-13,16H,14-15,17H2,1-2H3,(H2,26,27,28,30). The number of hydrogen-bond acceptors (Lipinski definition) is 5. The van der Waals surface area contributed by atoms with Crippen LogP contribution in [0.3, 0.4) is 0 Å². The fourth-order valence-electron chi connectivity index (χ4n) is 3.26. The lowest BCUT2D eigenvalue weighted by Crippen LogP contribution is -2.13. The molecule has 0 atom stereocenters. The first-order valence-corrected chi connectivity index (χ1v) is 10.4. The largest absolute Gasteiger partial charge is 0.491 e. The Labute approximate surface area is 187 Å². The number of rotatable bonds is 9.